The number of amides is 1. The van der Waals surface area contributed by atoms with Gasteiger partial charge in [0.25, 0.3) is 5.91 Å². The van der Waals surface area contributed by atoms with Crippen LogP contribution in [0, 0.1) is 0 Å². The standard InChI is InChI=1S/C18H17BrClNO4/c1-12(21-17(22)15-7-2-3-8-16(15)20)18(23)25-10-9-24-14-6-4-5-13(19)11-14/h2-8,11-12H,9-10H2,1H3,(H,21,22)/t12-/m0/s1. The quantitative estimate of drug-likeness (QED) is 0.540. The zero-order chi connectivity index (χ0) is 18.2. The molecule has 0 aromatic heterocycles. The van der Waals surface area contributed by atoms with E-state index in [1.807, 2.05) is 18.2 Å². The molecular weight excluding hydrogens is 410 g/mol. The first-order valence-electron chi connectivity index (χ1n) is 7.58. The summed E-state index contributed by atoms with van der Waals surface area (Å²) in [5, 5.41) is 2.88. The lowest BCUT2D eigenvalue weighted by molar-refractivity contribution is -0.146. The molecular formula is C18H17BrClNO4. The average Bonchev–Trinajstić information content (AvgIpc) is 2.58. The second-order valence-electron chi connectivity index (χ2n) is 5.15. The maximum atomic E-state index is 12.1. The Morgan fingerprint density at radius 3 is 2.64 bits per heavy atom. The van der Waals surface area contributed by atoms with Crippen molar-refractivity contribution in [2.24, 2.45) is 0 Å². The number of ether oxygens (including phenoxy) is 2. The number of hydrogen-bond donors (Lipinski definition) is 1. The summed E-state index contributed by atoms with van der Waals surface area (Å²) in [5.74, 6) is -0.302. The molecule has 132 valence electrons. The van der Waals surface area contributed by atoms with Gasteiger partial charge >= 0.3 is 5.97 Å². The van der Waals surface area contributed by atoms with E-state index in [0.717, 1.165) is 4.47 Å². The summed E-state index contributed by atoms with van der Waals surface area (Å²) in [6.45, 7) is 1.84. The predicted octanol–water partition coefficient (Wildman–Crippen LogP) is 3.84. The number of benzene rings is 2. The molecule has 25 heavy (non-hydrogen) atoms. The molecule has 7 heteroatoms. The maximum Gasteiger partial charge on any atom is 0.328 e. The summed E-state index contributed by atoms with van der Waals surface area (Å²) in [4.78, 5) is 24.0. The topological polar surface area (TPSA) is 64.6 Å². The van der Waals surface area contributed by atoms with E-state index in [2.05, 4.69) is 21.2 Å². The van der Waals surface area contributed by atoms with Crippen LogP contribution in [0.1, 0.15) is 17.3 Å². The molecule has 0 aliphatic carbocycles. The van der Waals surface area contributed by atoms with Crippen molar-refractivity contribution < 1.29 is 19.1 Å². The van der Waals surface area contributed by atoms with Crippen LogP contribution in [0.2, 0.25) is 5.02 Å². The van der Waals surface area contributed by atoms with E-state index in [9.17, 15) is 9.59 Å². The summed E-state index contributed by atoms with van der Waals surface area (Å²) >= 11 is 9.30. The first-order chi connectivity index (χ1) is 12.0. The van der Waals surface area contributed by atoms with Gasteiger partial charge in [-0.25, -0.2) is 4.79 Å². The molecule has 2 rings (SSSR count). The summed E-state index contributed by atoms with van der Waals surface area (Å²) in [7, 11) is 0. The Morgan fingerprint density at radius 1 is 1.16 bits per heavy atom. The minimum Gasteiger partial charge on any atom is -0.490 e. The fourth-order valence-corrected chi connectivity index (χ4v) is 2.56. The summed E-state index contributed by atoms with van der Waals surface area (Å²) in [6.07, 6.45) is 0. The Bertz CT molecular complexity index is 753. The molecule has 0 radical (unpaired) electrons. The lowest BCUT2D eigenvalue weighted by Gasteiger charge is -2.14. The molecule has 2 aromatic carbocycles. The molecule has 0 fully saturated rings. The predicted molar refractivity (Wildman–Crippen MR) is 99.0 cm³/mol. The Labute approximate surface area is 159 Å². The van der Waals surface area contributed by atoms with Gasteiger partial charge in [-0.05, 0) is 37.3 Å². The fraction of sp³-hybridized carbons (Fsp3) is 0.222. The van der Waals surface area contributed by atoms with Crippen LogP contribution in [-0.2, 0) is 9.53 Å². The van der Waals surface area contributed by atoms with Gasteiger partial charge < -0.3 is 14.8 Å². The van der Waals surface area contributed by atoms with Crippen molar-refractivity contribution in [3.05, 3.63) is 63.6 Å². The van der Waals surface area contributed by atoms with Gasteiger partial charge in [0, 0.05) is 4.47 Å². The van der Waals surface area contributed by atoms with Crippen molar-refractivity contribution >= 4 is 39.4 Å². The smallest absolute Gasteiger partial charge is 0.328 e. The third-order valence-corrected chi connectivity index (χ3v) is 4.03. The van der Waals surface area contributed by atoms with Crippen molar-refractivity contribution in [2.45, 2.75) is 13.0 Å². The minimum atomic E-state index is -0.797. The second-order valence-corrected chi connectivity index (χ2v) is 6.47. The SMILES string of the molecule is C[C@H](NC(=O)c1ccccc1Cl)C(=O)OCCOc1cccc(Br)c1. The Hall–Kier alpha value is -2.05. The van der Waals surface area contributed by atoms with Crippen molar-refractivity contribution in [1.82, 2.24) is 5.32 Å². The van der Waals surface area contributed by atoms with Crippen LogP contribution in [-0.4, -0.2) is 31.1 Å². The molecule has 2 aromatic rings. The molecule has 0 aliphatic heterocycles. The Balaban J connectivity index is 1.75. The van der Waals surface area contributed by atoms with Gasteiger partial charge in [0.15, 0.2) is 0 Å². The number of carbonyl (C=O) groups is 2. The molecule has 0 heterocycles. The second kappa shape index (κ2) is 9.44. The molecule has 0 saturated heterocycles. The molecule has 0 aliphatic rings. The van der Waals surface area contributed by atoms with Crippen LogP contribution in [0.4, 0.5) is 0 Å². The first-order valence-corrected chi connectivity index (χ1v) is 8.75. The minimum absolute atomic E-state index is 0.0810. The van der Waals surface area contributed by atoms with Crippen LogP contribution in [0.3, 0.4) is 0 Å². The highest BCUT2D eigenvalue weighted by Gasteiger charge is 2.19. The van der Waals surface area contributed by atoms with Gasteiger partial charge in [0.05, 0.1) is 10.6 Å². The molecule has 1 amide bonds. The molecule has 0 saturated carbocycles. The van der Waals surface area contributed by atoms with Gasteiger partial charge in [-0.3, -0.25) is 4.79 Å². The van der Waals surface area contributed by atoms with Crippen LogP contribution in [0.15, 0.2) is 53.0 Å². The zero-order valence-electron chi connectivity index (χ0n) is 13.5. The molecule has 1 atom stereocenters. The highest BCUT2D eigenvalue weighted by Crippen LogP contribution is 2.17. The number of halogens is 2. The van der Waals surface area contributed by atoms with E-state index >= 15 is 0 Å². The van der Waals surface area contributed by atoms with Gasteiger partial charge in [0.2, 0.25) is 0 Å². The summed E-state index contributed by atoms with van der Waals surface area (Å²) < 4.78 is 11.5. The first kappa shape index (κ1) is 19.3. The van der Waals surface area contributed by atoms with Gasteiger partial charge in [-0.2, -0.15) is 0 Å². The summed E-state index contributed by atoms with van der Waals surface area (Å²) in [5.41, 5.74) is 0.307. The largest absolute Gasteiger partial charge is 0.490 e. The average molecular weight is 427 g/mol. The number of esters is 1. The highest BCUT2D eigenvalue weighted by molar-refractivity contribution is 9.10. The normalized spacial score (nSPS) is 11.5. The number of rotatable bonds is 7. The Morgan fingerprint density at radius 2 is 1.92 bits per heavy atom. The van der Waals surface area contributed by atoms with Gasteiger partial charge in [-0.15, -0.1) is 0 Å². The van der Waals surface area contributed by atoms with Crippen molar-refractivity contribution in [2.75, 3.05) is 13.2 Å². The summed E-state index contributed by atoms with van der Waals surface area (Å²) in [6, 6.07) is 13.2. The molecule has 5 nitrogen and oxygen atoms in total. The fourth-order valence-electron chi connectivity index (χ4n) is 1.96. The third-order valence-electron chi connectivity index (χ3n) is 3.21. The molecule has 0 unspecified atom stereocenters. The van der Waals surface area contributed by atoms with E-state index in [0.29, 0.717) is 16.3 Å². The molecule has 0 bridgehead atoms. The number of nitrogens with one attached hydrogen (secondary N) is 1. The monoisotopic (exact) mass is 425 g/mol. The van der Waals surface area contributed by atoms with E-state index in [1.54, 1.807) is 37.3 Å². The van der Waals surface area contributed by atoms with Crippen molar-refractivity contribution in [1.29, 1.82) is 0 Å². The van der Waals surface area contributed by atoms with E-state index < -0.39 is 17.9 Å². The van der Waals surface area contributed by atoms with E-state index in [-0.39, 0.29) is 13.2 Å². The van der Waals surface area contributed by atoms with Crippen LogP contribution >= 0.6 is 27.5 Å². The van der Waals surface area contributed by atoms with E-state index in [4.69, 9.17) is 21.1 Å². The van der Waals surface area contributed by atoms with Crippen LogP contribution < -0.4 is 10.1 Å². The number of carbonyl (C=O) groups excluding carboxylic acids is 2. The van der Waals surface area contributed by atoms with Crippen LogP contribution in [0.25, 0.3) is 0 Å². The van der Waals surface area contributed by atoms with E-state index in [1.165, 1.54) is 0 Å². The lowest BCUT2D eigenvalue weighted by Crippen LogP contribution is -2.40. The van der Waals surface area contributed by atoms with Crippen molar-refractivity contribution in [3.63, 3.8) is 0 Å². The molecule has 0 spiro atoms. The van der Waals surface area contributed by atoms with Gasteiger partial charge in [0.1, 0.15) is 25.0 Å². The van der Waals surface area contributed by atoms with Gasteiger partial charge in [-0.1, -0.05) is 45.7 Å². The van der Waals surface area contributed by atoms with Crippen LogP contribution in [0.5, 0.6) is 5.75 Å². The third kappa shape index (κ3) is 6.07. The molecule has 1 N–H and O–H groups in total. The lowest BCUT2D eigenvalue weighted by atomic mass is 10.2. The number of hydrogen-bond acceptors (Lipinski definition) is 4. The highest BCUT2D eigenvalue weighted by atomic mass is 79.9. The Kier molecular flexibility index (Phi) is 7.28. The zero-order valence-corrected chi connectivity index (χ0v) is 15.8. The maximum absolute atomic E-state index is 12.1. The van der Waals surface area contributed by atoms with Crippen molar-refractivity contribution in [3.8, 4) is 5.75 Å².